The third kappa shape index (κ3) is 4.45. The Balaban J connectivity index is 1.66. The highest BCUT2D eigenvalue weighted by atomic mass is 35.5. The third-order valence-electron chi connectivity index (χ3n) is 3.70. The average molecular weight is 475 g/mol. The monoisotopic (exact) mass is 474 g/mol. The highest BCUT2D eigenvalue weighted by Crippen LogP contribution is 2.35. The zero-order valence-electron chi connectivity index (χ0n) is 15.4. The molecule has 2 aromatic heterocycles. The van der Waals surface area contributed by atoms with Gasteiger partial charge in [-0.1, -0.05) is 0 Å². The largest absolute Gasteiger partial charge is 0.508 e. The van der Waals surface area contributed by atoms with E-state index in [0.717, 1.165) is 0 Å². The van der Waals surface area contributed by atoms with Crippen LogP contribution in [0.15, 0.2) is 36.4 Å². The number of aromatic hydroxyl groups is 2. The maximum Gasteiger partial charge on any atom is 0.329 e. The number of benzene rings is 2. The molecule has 0 spiro atoms. The summed E-state index contributed by atoms with van der Waals surface area (Å²) in [6, 6.07) is 7.02. The van der Waals surface area contributed by atoms with Gasteiger partial charge in [-0.25, -0.2) is 0 Å². The van der Waals surface area contributed by atoms with Crippen molar-refractivity contribution in [3.8, 4) is 58.5 Å². The van der Waals surface area contributed by atoms with Gasteiger partial charge >= 0.3 is 24.0 Å². The molecule has 160 valence electrons. The van der Waals surface area contributed by atoms with Crippen LogP contribution in [0.25, 0.3) is 0 Å². The van der Waals surface area contributed by atoms with Crippen molar-refractivity contribution in [2.45, 2.75) is 0 Å². The van der Waals surface area contributed by atoms with E-state index in [0.29, 0.717) is 0 Å². The molecule has 0 radical (unpaired) electrons. The van der Waals surface area contributed by atoms with Crippen LogP contribution in [0, 0.1) is 0 Å². The number of hydrogen-bond acceptors (Lipinski definition) is 12. The number of halogens is 2. The van der Waals surface area contributed by atoms with Gasteiger partial charge in [0, 0.05) is 36.4 Å². The van der Waals surface area contributed by atoms with Gasteiger partial charge in [0.05, 0.1) is 0 Å². The number of hydrogen-bond donors (Lipinski definition) is 2. The van der Waals surface area contributed by atoms with Gasteiger partial charge in [-0.15, -0.1) is 9.97 Å². The molecule has 4 aromatic rings. The molecule has 32 heavy (non-hydrogen) atoms. The molecular formula is C18H8Cl2N6O6. The Morgan fingerprint density at radius 3 is 1.03 bits per heavy atom. The second-order valence-electron chi connectivity index (χ2n) is 6.07. The molecule has 3 heterocycles. The molecule has 1 aliphatic heterocycles. The van der Waals surface area contributed by atoms with Crippen molar-refractivity contribution >= 4 is 23.2 Å². The third-order valence-corrected chi connectivity index (χ3v) is 4.04. The lowest BCUT2D eigenvalue weighted by Crippen LogP contribution is -2.01. The van der Waals surface area contributed by atoms with E-state index in [4.69, 9.17) is 42.1 Å². The highest BCUT2D eigenvalue weighted by Gasteiger charge is 2.16. The van der Waals surface area contributed by atoms with E-state index in [1.807, 2.05) is 0 Å². The van der Waals surface area contributed by atoms with Gasteiger partial charge in [0.1, 0.15) is 34.5 Å². The predicted molar refractivity (Wildman–Crippen MR) is 106 cm³/mol. The molecule has 2 aromatic carbocycles. The van der Waals surface area contributed by atoms with Crippen molar-refractivity contribution in [1.29, 1.82) is 0 Å². The van der Waals surface area contributed by atoms with Gasteiger partial charge < -0.3 is 29.2 Å². The zero-order chi connectivity index (χ0) is 22.2. The predicted octanol–water partition coefficient (Wildman–Crippen LogP) is 4.26. The summed E-state index contributed by atoms with van der Waals surface area (Å²) in [6.07, 6.45) is 0. The summed E-state index contributed by atoms with van der Waals surface area (Å²) in [7, 11) is 0. The van der Waals surface area contributed by atoms with Crippen LogP contribution in [0.1, 0.15) is 0 Å². The molecule has 0 saturated heterocycles. The summed E-state index contributed by atoms with van der Waals surface area (Å²) >= 11 is 11.9. The molecule has 0 aliphatic carbocycles. The Bertz CT molecular complexity index is 1070. The van der Waals surface area contributed by atoms with Crippen molar-refractivity contribution in [2.24, 2.45) is 0 Å². The number of phenols is 2. The molecule has 0 atom stereocenters. The number of ether oxygens (including phenoxy) is 4. The highest BCUT2D eigenvalue weighted by molar-refractivity contribution is 6.28. The Labute approximate surface area is 188 Å². The maximum atomic E-state index is 10.0. The number of aromatic nitrogens is 6. The summed E-state index contributed by atoms with van der Waals surface area (Å²) in [4.78, 5) is 23.5. The van der Waals surface area contributed by atoms with E-state index in [1.165, 1.54) is 36.4 Å². The first-order valence-corrected chi connectivity index (χ1v) is 9.36. The SMILES string of the molecule is Oc1cc2cc(c1)Oc1nc(Cl)nc(n1)Oc1cc(O)cc(c1)Oc1nc(Cl)nc(n1)O2. The lowest BCUT2D eigenvalue weighted by Gasteiger charge is -2.12. The van der Waals surface area contributed by atoms with Gasteiger partial charge in [-0.2, -0.15) is 19.9 Å². The van der Waals surface area contributed by atoms with Crippen LogP contribution >= 0.6 is 23.2 Å². The fourth-order valence-electron chi connectivity index (χ4n) is 2.58. The Morgan fingerprint density at radius 1 is 0.469 bits per heavy atom. The Morgan fingerprint density at radius 2 is 0.750 bits per heavy atom. The number of nitrogens with zero attached hydrogens (tertiary/aromatic N) is 6. The summed E-state index contributed by atoms with van der Waals surface area (Å²) in [5.41, 5.74) is 0. The van der Waals surface area contributed by atoms with Crippen molar-refractivity contribution in [3.05, 3.63) is 47.0 Å². The molecular weight excluding hydrogens is 467 g/mol. The number of rotatable bonds is 0. The van der Waals surface area contributed by atoms with Crippen LogP contribution in [0.4, 0.5) is 0 Å². The first kappa shape index (κ1) is 19.8. The molecule has 14 heteroatoms. The average Bonchev–Trinajstić information content (AvgIpc) is 2.65. The van der Waals surface area contributed by atoms with Crippen molar-refractivity contribution in [1.82, 2.24) is 29.9 Å². The van der Waals surface area contributed by atoms with Gasteiger partial charge in [0.15, 0.2) is 0 Å². The first-order valence-electron chi connectivity index (χ1n) is 8.61. The normalized spacial score (nSPS) is 12.1. The molecule has 2 N–H and O–H groups in total. The number of fused-ring (bicyclic) bond motifs is 8. The summed E-state index contributed by atoms with van der Waals surface area (Å²) in [5.74, 6) is -0.0176. The molecule has 0 unspecified atom stereocenters. The Hall–Kier alpha value is -4.16. The van der Waals surface area contributed by atoms with Gasteiger partial charge in [0.25, 0.3) is 0 Å². The maximum absolute atomic E-state index is 10.0. The Kier molecular flexibility index (Phi) is 4.84. The lowest BCUT2D eigenvalue weighted by molar-refractivity contribution is 0.373. The van der Waals surface area contributed by atoms with E-state index in [-0.39, 0.29) is 69.1 Å². The van der Waals surface area contributed by atoms with Crippen LogP contribution in [-0.4, -0.2) is 40.1 Å². The summed E-state index contributed by atoms with van der Waals surface area (Å²) in [5, 5.41) is 19.6. The molecule has 12 nitrogen and oxygen atoms in total. The first-order chi connectivity index (χ1) is 15.4. The molecule has 0 amide bonds. The van der Waals surface area contributed by atoms with E-state index < -0.39 is 0 Å². The van der Waals surface area contributed by atoms with Gasteiger partial charge in [-0.05, 0) is 23.2 Å². The van der Waals surface area contributed by atoms with Crippen LogP contribution in [0.2, 0.25) is 10.6 Å². The minimum atomic E-state index is -0.231. The van der Waals surface area contributed by atoms with Crippen molar-refractivity contribution < 1.29 is 29.2 Å². The second kappa shape index (κ2) is 7.83. The van der Waals surface area contributed by atoms with Gasteiger partial charge in [0.2, 0.25) is 10.6 Å². The van der Waals surface area contributed by atoms with Gasteiger partial charge in [-0.3, -0.25) is 0 Å². The standard InChI is InChI=1S/C18H8Cl2N6O6/c19-13-21-15-25-16(22-13)31-11-3-8(28)4-12(6-11)32-18-24-14(20)23-17(26-18)30-10-2-7(27)1-9(5-10)29-15/h1-6,27-28H. The van der Waals surface area contributed by atoms with Crippen LogP contribution in [0.3, 0.4) is 0 Å². The molecule has 0 fully saturated rings. The minimum Gasteiger partial charge on any atom is -0.508 e. The van der Waals surface area contributed by atoms with Crippen LogP contribution in [-0.2, 0) is 0 Å². The molecule has 0 saturated carbocycles. The quantitative estimate of drug-likeness (QED) is 0.329. The van der Waals surface area contributed by atoms with E-state index >= 15 is 0 Å². The van der Waals surface area contributed by atoms with E-state index in [2.05, 4.69) is 29.9 Å². The molecule has 8 bridgehead atoms. The van der Waals surface area contributed by atoms with Crippen LogP contribution < -0.4 is 18.9 Å². The zero-order valence-corrected chi connectivity index (χ0v) is 16.9. The van der Waals surface area contributed by atoms with Crippen molar-refractivity contribution in [3.63, 3.8) is 0 Å². The van der Waals surface area contributed by atoms with E-state index in [1.54, 1.807) is 0 Å². The summed E-state index contributed by atoms with van der Waals surface area (Å²) in [6.45, 7) is 0. The summed E-state index contributed by atoms with van der Waals surface area (Å²) < 4.78 is 22.2. The molecule has 1 aliphatic rings. The topological polar surface area (TPSA) is 155 Å². The minimum absolute atomic E-state index is 0.0941. The number of phenolic OH excluding ortho intramolecular Hbond substituents is 2. The van der Waals surface area contributed by atoms with Crippen LogP contribution in [0.5, 0.6) is 58.5 Å². The fourth-order valence-corrected chi connectivity index (χ4v) is 2.87. The smallest absolute Gasteiger partial charge is 0.329 e. The second-order valence-corrected chi connectivity index (χ2v) is 6.75. The van der Waals surface area contributed by atoms with E-state index in [9.17, 15) is 10.2 Å². The lowest BCUT2D eigenvalue weighted by atomic mass is 10.3. The van der Waals surface area contributed by atoms with Crippen molar-refractivity contribution in [2.75, 3.05) is 0 Å². The fraction of sp³-hybridized carbons (Fsp3) is 0. The molecule has 5 rings (SSSR count).